The van der Waals surface area contributed by atoms with Crippen LogP contribution in [-0.2, 0) is 9.59 Å². The van der Waals surface area contributed by atoms with E-state index in [0.29, 0.717) is 23.8 Å². The van der Waals surface area contributed by atoms with E-state index >= 15 is 0 Å². The number of benzene rings is 2. The lowest BCUT2D eigenvalue weighted by Gasteiger charge is -2.45. The smallest absolute Gasteiger partial charge is 0.323 e. The van der Waals surface area contributed by atoms with E-state index in [2.05, 4.69) is 29.8 Å². The summed E-state index contributed by atoms with van der Waals surface area (Å²) in [6, 6.07) is 12.7. The molecule has 4 N–H and O–H groups in total. The molecular formula is C28H35ClN4O5. The molecule has 9 nitrogen and oxygen atoms in total. The van der Waals surface area contributed by atoms with Gasteiger partial charge in [0.05, 0.1) is 0 Å². The standard InChI is InChI=1S/C28H35ClN4O5/c1-17(2)24(32-25(36)19-6-5-7-21(14-19)31-27(38)30-15-23(34)35)26(37)33-13-12-22(28(3,4)16-33)18-8-10-20(29)11-9-18/h5-11,14,17,22,24H,12-13,15-16H2,1-4H3,(H,32,36)(H,34,35)(H2,30,31,38)/t22?,24-/m1/s1. The summed E-state index contributed by atoms with van der Waals surface area (Å²) < 4.78 is 0. The van der Waals surface area contributed by atoms with E-state index in [-0.39, 0.29) is 28.7 Å². The van der Waals surface area contributed by atoms with E-state index < -0.39 is 30.5 Å². The minimum absolute atomic E-state index is 0.127. The van der Waals surface area contributed by atoms with Crippen molar-refractivity contribution in [3.05, 3.63) is 64.7 Å². The van der Waals surface area contributed by atoms with Crippen molar-refractivity contribution in [2.45, 2.75) is 46.1 Å². The number of hydrogen-bond donors (Lipinski definition) is 4. The van der Waals surface area contributed by atoms with E-state index in [1.54, 1.807) is 18.2 Å². The van der Waals surface area contributed by atoms with Crippen molar-refractivity contribution >= 4 is 41.1 Å². The van der Waals surface area contributed by atoms with Crippen LogP contribution in [0.25, 0.3) is 0 Å². The number of anilines is 1. The molecular weight excluding hydrogens is 508 g/mol. The average Bonchev–Trinajstić information content (AvgIpc) is 2.85. The predicted molar refractivity (Wildman–Crippen MR) is 146 cm³/mol. The molecule has 2 aromatic carbocycles. The van der Waals surface area contributed by atoms with Crippen molar-refractivity contribution in [2.24, 2.45) is 11.3 Å². The fourth-order valence-electron chi connectivity index (χ4n) is 4.86. The number of hydrogen-bond acceptors (Lipinski definition) is 4. The quantitative estimate of drug-likeness (QED) is 0.394. The zero-order valence-corrected chi connectivity index (χ0v) is 22.8. The molecule has 0 aromatic heterocycles. The summed E-state index contributed by atoms with van der Waals surface area (Å²) in [5.74, 6) is -1.61. The summed E-state index contributed by atoms with van der Waals surface area (Å²) in [6.45, 7) is 8.69. The minimum Gasteiger partial charge on any atom is -0.480 e. The third-order valence-corrected chi connectivity index (χ3v) is 7.07. The number of nitrogens with zero attached hydrogens (tertiary/aromatic N) is 1. The van der Waals surface area contributed by atoms with Gasteiger partial charge in [0.1, 0.15) is 12.6 Å². The Morgan fingerprint density at radius 2 is 1.79 bits per heavy atom. The molecule has 4 amide bonds. The summed E-state index contributed by atoms with van der Waals surface area (Å²) in [5, 5.41) is 16.9. The Balaban J connectivity index is 1.67. The average molecular weight is 543 g/mol. The van der Waals surface area contributed by atoms with Gasteiger partial charge >= 0.3 is 12.0 Å². The summed E-state index contributed by atoms with van der Waals surface area (Å²) in [5.41, 5.74) is 1.61. The Kier molecular flexibility index (Phi) is 9.38. The Bertz CT molecular complexity index is 1180. The number of carboxylic acids is 1. The number of aliphatic carboxylic acids is 1. The number of amides is 4. The first kappa shape index (κ1) is 29.0. The largest absolute Gasteiger partial charge is 0.480 e. The number of rotatable bonds is 8. The number of piperidine rings is 1. The topological polar surface area (TPSA) is 128 Å². The number of carbonyl (C=O) groups excluding carboxylic acids is 3. The van der Waals surface area contributed by atoms with E-state index in [4.69, 9.17) is 16.7 Å². The lowest BCUT2D eigenvalue weighted by molar-refractivity contribution is -0.138. The SMILES string of the molecule is CC(C)[C@@H](NC(=O)c1cccc(NC(=O)NCC(=O)O)c1)C(=O)N1CCC(c2ccc(Cl)cc2)C(C)(C)C1. The van der Waals surface area contributed by atoms with Crippen LogP contribution in [0.1, 0.15) is 56.0 Å². The number of carbonyl (C=O) groups is 4. The van der Waals surface area contributed by atoms with Gasteiger partial charge in [0.25, 0.3) is 5.91 Å². The minimum atomic E-state index is -1.17. The lowest BCUT2D eigenvalue weighted by atomic mass is 9.70. The number of likely N-dealkylation sites (tertiary alicyclic amines) is 1. The molecule has 2 aromatic rings. The van der Waals surface area contributed by atoms with Gasteiger partial charge in [0, 0.05) is 29.4 Å². The number of carboxylic acid groups (broad SMARTS) is 1. The van der Waals surface area contributed by atoms with Gasteiger partial charge in [-0.05, 0) is 59.6 Å². The second kappa shape index (κ2) is 12.3. The van der Waals surface area contributed by atoms with Crippen LogP contribution in [0, 0.1) is 11.3 Å². The normalized spacial score (nSPS) is 17.4. The van der Waals surface area contributed by atoms with E-state index in [1.165, 1.54) is 11.6 Å². The van der Waals surface area contributed by atoms with Gasteiger partial charge in [-0.15, -0.1) is 0 Å². The van der Waals surface area contributed by atoms with Crippen molar-refractivity contribution in [1.29, 1.82) is 0 Å². The fraction of sp³-hybridized carbons (Fsp3) is 0.429. The summed E-state index contributed by atoms with van der Waals surface area (Å²) >= 11 is 6.06. The highest BCUT2D eigenvalue weighted by molar-refractivity contribution is 6.30. The highest BCUT2D eigenvalue weighted by atomic mass is 35.5. The van der Waals surface area contributed by atoms with Crippen molar-refractivity contribution in [2.75, 3.05) is 25.0 Å². The van der Waals surface area contributed by atoms with Crippen LogP contribution in [0.5, 0.6) is 0 Å². The Hall–Kier alpha value is -3.59. The van der Waals surface area contributed by atoms with Crippen molar-refractivity contribution < 1.29 is 24.3 Å². The van der Waals surface area contributed by atoms with Crippen molar-refractivity contribution in [3.8, 4) is 0 Å². The molecule has 2 atom stereocenters. The first-order valence-electron chi connectivity index (χ1n) is 12.6. The number of nitrogens with one attached hydrogen (secondary N) is 3. The molecule has 0 spiro atoms. The van der Waals surface area contributed by atoms with Gasteiger partial charge in [-0.2, -0.15) is 0 Å². The third-order valence-electron chi connectivity index (χ3n) is 6.82. The molecule has 0 bridgehead atoms. The molecule has 3 rings (SSSR count). The third kappa shape index (κ3) is 7.47. The molecule has 10 heteroatoms. The Labute approximate surface area is 227 Å². The maximum absolute atomic E-state index is 13.6. The van der Waals surface area contributed by atoms with E-state index in [1.807, 2.05) is 43.0 Å². The summed E-state index contributed by atoms with van der Waals surface area (Å²) in [4.78, 5) is 51.0. The molecule has 1 heterocycles. The molecule has 1 aliphatic heterocycles. The molecule has 1 saturated heterocycles. The zero-order chi connectivity index (χ0) is 28.0. The van der Waals surface area contributed by atoms with Crippen LogP contribution >= 0.6 is 11.6 Å². The molecule has 1 aliphatic rings. The van der Waals surface area contributed by atoms with Gasteiger partial charge in [-0.1, -0.05) is 57.5 Å². The lowest BCUT2D eigenvalue weighted by Crippen LogP contribution is -2.55. The van der Waals surface area contributed by atoms with Gasteiger partial charge in [0.2, 0.25) is 5.91 Å². The number of urea groups is 1. The highest BCUT2D eigenvalue weighted by Crippen LogP contribution is 2.42. The fourth-order valence-corrected chi connectivity index (χ4v) is 4.99. The van der Waals surface area contributed by atoms with Gasteiger partial charge in [-0.3, -0.25) is 14.4 Å². The highest BCUT2D eigenvalue weighted by Gasteiger charge is 2.40. The van der Waals surface area contributed by atoms with E-state index in [9.17, 15) is 19.2 Å². The van der Waals surface area contributed by atoms with E-state index in [0.717, 1.165) is 6.42 Å². The second-order valence-electron chi connectivity index (χ2n) is 10.6. The van der Waals surface area contributed by atoms with Crippen LogP contribution in [0.15, 0.2) is 48.5 Å². The van der Waals surface area contributed by atoms with Crippen LogP contribution in [0.2, 0.25) is 5.02 Å². The number of halogens is 1. The molecule has 38 heavy (non-hydrogen) atoms. The van der Waals surface area contributed by atoms with Crippen LogP contribution in [0.3, 0.4) is 0 Å². The molecule has 0 saturated carbocycles. The monoisotopic (exact) mass is 542 g/mol. The molecule has 204 valence electrons. The van der Waals surface area contributed by atoms with Crippen molar-refractivity contribution in [3.63, 3.8) is 0 Å². The molecule has 1 fully saturated rings. The summed E-state index contributed by atoms with van der Waals surface area (Å²) in [6.07, 6.45) is 0.802. The Morgan fingerprint density at radius 3 is 2.39 bits per heavy atom. The van der Waals surface area contributed by atoms with Gasteiger partial charge in [-0.25, -0.2) is 4.79 Å². The van der Waals surface area contributed by atoms with Gasteiger partial charge < -0.3 is 26.0 Å². The predicted octanol–water partition coefficient (Wildman–Crippen LogP) is 4.34. The van der Waals surface area contributed by atoms with Crippen LogP contribution in [-0.4, -0.2) is 59.5 Å². The first-order chi connectivity index (χ1) is 17.9. The summed E-state index contributed by atoms with van der Waals surface area (Å²) in [7, 11) is 0. The second-order valence-corrected chi connectivity index (χ2v) is 11.1. The maximum atomic E-state index is 13.6. The van der Waals surface area contributed by atoms with Crippen molar-refractivity contribution in [1.82, 2.24) is 15.5 Å². The maximum Gasteiger partial charge on any atom is 0.323 e. The molecule has 1 unspecified atom stereocenters. The molecule has 0 aliphatic carbocycles. The first-order valence-corrected chi connectivity index (χ1v) is 13.0. The zero-order valence-electron chi connectivity index (χ0n) is 22.1. The van der Waals surface area contributed by atoms with Crippen LogP contribution in [0.4, 0.5) is 10.5 Å². The van der Waals surface area contributed by atoms with Gasteiger partial charge in [0.15, 0.2) is 0 Å². The Morgan fingerprint density at radius 1 is 1.11 bits per heavy atom. The molecule has 0 radical (unpaired) electrons. The van der Waals surface area contributed by atoms with Crippen LogP contribution < -0.4 is 16.0 Å².